The standard InChI is InChI=1S/C44H41N5/c1-29(2)35-25-33(31-15-8-6-9-16-31)26-36(30(3)4)43(35)44-46-38-24-23-32(27-41(38)49(44)34-17-10-7-11-18-34)37-19-14-22-42(45-37)48-28-47(5)39-20-12-13-21-40(39)48/h6-27,29-30H,28H2,1-5H3. The predicted octanol–water partition coefficient (Wildman–Crippen LogP) is 11.2. The topological polar surface area (TPSA) is 37.2 Å². The van der Waals surface area contributed by atoms with Crippen LogP contribution in [-0.4, -0.2) is 28.3 Å². The van der Waals surface area contributed by atoms with Gasteiger partial charge in [-0.3, -0.25) is 4.57 Å². The number of rotatable bonds is 7. The van der Waals surface area contributed by atoms with Crippen LogP contribution in [0.5, 0.6) is 0 Å². The van der Waals surface area contributed by atoms with Crippen LogP contribution in [0.15, 0.2) is 133 Å². The molecule has 2 aromatic heterocycles. The molecule has 1 aliphatic rings. The van der Waals surface area contributed by atoms with Crippen molar-refractivity contribution < 1.29 is 0 Å². The van der Waals surface area contributed by atoms with Crippen molar-refractivity contribution in [2.45, 2.75) is 39.5 Å². The third kappa shape index (κ3) is 5.45. The van der Waals surface area contributed by atoms with Gasteiger partial charge in [0.15, 0.2) is 0 Å². The molecular weight excluding hydrogens is 599 g/mol. The van der Waals surface area contributed by atoms with Crippen molar-refractivity contribution in [2.24, 2.45) is 0 Å². The van der Waals surface area contributed by atoms with E-state index in [1.54, 1.807) is 0 Å². The van der Waals surface area contributed by atoms with Crippen molar-refractivity contribution in [3.05, 3.63) is 145 Å². The van der Waals surface area contributed by atoms with Gasteiger partial charge in [-0.25, -0.2) is 9.97 Å². The molecule has 0 unspecified atom stereocenters. The van der Waals surface area contributed by atoms with E-state index < -0.39 is 0 Å². The molecule has 3 heterocycles. The Morgan fingerprint density at radius 3 is 1.92 bits per heavy atom. The molecule has 5 heteroatoms. The summed E-state index contributed by atoms with van der Waals surface area (Å²) >= 11 is 0. The molecule has 0 bridgehead atoms. The summed E-state index contributed by atoms with van der Waals surface area (Å²) in [6.07, 6.45) is 0. The zero-order chi connectivity index (χ0) is 33.6. The quantitative estimate of drug-likeness (QED) is 0.174. The van der Waals surface area contributed by atoms with Gasteiger partial charge in [0.05, 0.1) is 34.8 Å². The van der Waals surface area contributed by atoms with Gasteiger partial charge in [-0.05, 0) is 82.6 Å². The van der Waals surface area contributed by atoms with Gasteiger partial charge >= 0.3 is 0 Å². The van der Waals surface area contributed by atoms with Crippen LogP contribution >= 0.6 is 0 Å². The minimum absolute atomic E-state index is 0.303. The maximum atomic E-state index is 5.43. The zero-order valence-corrected chi connectivity index (χ0v) is 28.8. The van der Waals surface area contributed by atoms with Crippen LogP contribution in [0.2, 0.25) is 0 Å². The van der Waals surface area contributed by atoms with E-state index in [4.69, 9.17) is 9.97 Å². The van der Waals surface area contributed by atoms with Crippen molar-refractivity contribution in [3.8, 4) is 39.5 Å². The fraction of sp³-hybridized carbons (Fsp3) is 0.182. The summed E-state index contributed by atoms with van der Waals surface area (Å²) in [7, 11) is 2.13. The van der Waals surface area contributed by atoms with Gasteiger partial charge in [-0.2, -0.15) is 0 Å². The normalized spacial score (nSPS) is 12.8. The van der Waals surface area contributed by atoms with Crippen LogP contribution in [0.25, 0.3) is 50.5 Å². The molecule has 5 nitrogen and oxygen atoms in total. The number of imidazole rings is 1. The molecule has 1 aliphatic heterocycles. The maximum absolute atomic E-state index is 5.43. The lowest BCUT2D eigenvalue weighted by Crippen LogP contribution is -2.24. The van der Waals surface area contributed by atoms with E-state index in [2.05, 4.69) is 183 Å². The van der Waals surface area contributed by atoms with E-state index in [0.717, 1.165) is 46.3 Å². The fourth-order valence-electron chi connectivity index (χ4n) is 7.20. The van der Waals surface area contributed by atoms with Crippen molar-refractivity contribution in [3.63, 3.8) is 0 Å². The molecular formula is C44H41N5. The monoisotopic (exact) mass is 639 g/mol. The Kier molecular flexibility index (Phi) is 7.76. The Hall–Kier alpha value is -5.68. The number of nitrogens with zero attached hydrogens (tertiary/aromatic N) is 5. The lowest BCUT2D eigenvalue weighted by Gasteiger charge is -2.22. The van der Waals surface area contributed by atoms with E-state index in [1.807, 2.05) is 0 Å². The molecule has 0 amide bonds. The molecule has 0 N–H and O–H groups in total. The van der Waals surface area contributed by atoms with Gasteiger partial charge in [0.2, 0.25) is 0 Å². The molecule has 0 spiro atoms. The Morgan fingerprint density at radius 1 is 0.571 bits per heavy atom. The number of hydrogen-bond acceptors (Lipinski definition) is 4. The summed E-state index contributed by atoms with van der Waals surface area (Å²) in [5.74, 6) is 2.52. The van der Waals surface area contributed by atoms with Crippen LogP contribution in [-0.2, 0) is 0 Å². The van der Waals surface area contributed by atoms with Crippen LogP contribution in [0.3, 0.4) is 0 Å². The van der Waals surface area contributed by atoms with E-state index >= 15 is 0 Å². The third-order valence-electron chi connectivity index (χ3n) is 9.69. The second-order valence-corrected chi connectivity index (χ2v) is 13.7. The number of benzene rings is 5. The highest BCUT2D eigenvalue weighted by Gasteiger charge is 2.26. The molecule has 0 aliphatic carbocycles. The molecule has 0 saturated carbocycles. The first-order valence-corrected chi connectivity index (χ1v) is 17.2. The summed E-state index contributed by atoms with van der Waals surface area (Å²) in [5, 5.41) is 0. The summed E-state index contributed by atoms with van der Waals surface area (Å²) in [6, 6.07) is 47.5. The molecule has 0 fully saturated rings. The second kappa shape index (κ2) is 12.4. The van der Waals surface area contributed by atoms with Gasteiger partial charge < -0.3 is 9.80 Å². The van der Waals surface area contributed by atoms with Crippen molar-refractivity contribution >= 4 is 28.2 Å². The summed E-state index contributed by atoms with van der Waals surface area (Å²) in [5.41, 5.74) is 13.8. The molecule has 0 saturated heterocycles. The van der Waals surface area contributed by atoms with E-state index in [-0.39, 0.29) is 0 Å². The molecule has 7 aromatic rings. The summed E-state index contributed by atoms with van der Waals surface area (Å²) in [4.78, 5) is 15.2. The predicted molar refractivity (Wildman–Crippen MR) is 205 cm³/mol. The smallest absolute Gasteiger partial charge is 0.146 e. The van der Waals surface area contributed by atoms with Gasteiger partial charge in [0.1, 0.15) is 11.6 Å². The minimum Gasteiger partial charge on any atom is -0.355 e. The molecule has 5 aromatic carbocycles. The highest BCUT2D eigenvalue weighted by Crippen LogP contribution is 2.43. The van der Waals surface area contributed by atoms with E-state index in [1.165, 1.54) is 39.2 Å². The third-order valence-corrected chi connectivity index (χ3v) is 9.69. The van der Waals surface area contributed by atoms with Gasteiger partial charge in [-0.1, -0.05) is 113 Å². The lowest BCUT2D eigenvalue weighted by atomic mass is 9.85. The van der Waals surface area contributed by atoms with Crippen LogP contribution in [0.1, 0.15) is 50.7 Å². The SMILES string of the molecule is CC(C)c1cc(-c2ccccc2)cc(C(C)C)c1-c1nc2ccc(-c3cccc(N4CN(C)c5ccccc54)n3)cc2n1-c1ccccc1. The Labute approximate surface area is 289 Å². The Morgan fingerprint density at radius 2 is 1.22 bits per heavy atom. The summed E-state index contributed by atoms with van der Waals surface area (Å²) < 4.78 is 2.35. The highest BCUT2D eigenvalue weighted by atomic mass is 15.4. The van der Waals surface area contributed by atoms with Gasteiger partial charge in [0, 0.05) is 23.9 Å². The second-order valence-electron chi connectivity index (χ2n) is 13.7. The molecule has 8 rings (SSSR count). The number of para-hydroxylation sites is 3. The number of pyridine rings is 1. The van der Waals surface area contributed by atoms with E-state index in [9.17, 15) is 0 Å². The van der Waals surface area contributed by atoms with Crippen molar-refractivity contribution in [2.75, 3.05) is 23.5 Å². The maximum Gasteiger partial charge on any atom is 0.146 e. The first-order valence-electron chi connectivity index (χ1n) is 17.2. The molecule has 0 atom stereocenters. The number of fused-ring (bicyclic) bond motifs is 2. The molecule has 0 radical (unpaired) electrons. The van der Waals surface area contributed by atoms with Crippen molar-refractivity contribution in [1.29, 1.82) is 0 Å². The Bertz CT molecular complexity index is 2260. The van der Waals surface area contributed by atoms with Crippen LogP contribution in [0.4, 0.5) is 17.2 Å². The van der Waals surface area contributed by atoms with Crippen LogP contribution < -0.4 is 9.80 Å². The number of anilines is 3. The first kappa shape index (κ1) is 30.6. The molecule has 49 heavy (non-hydrogen) atoms. The average molecular weight is 640 g/mol. The lowest BCUT2D eigenvalue weighted by molar-refractivity contribution is 0.833. The summed E-state index contributed by atoms with van der Waals surface area (Å²) in [6.45, 7) is 9.93. The van der Waals surface area contributed by atoms with Gasteiger partial charge in [-0.15, -0.1) is 0 Å². The first-order chi connectivity index (χ1) is 23.9. The average Bonchev–Trinajstić information content (AvgIpc) is 3.69. The van der Waals surface area contributed by atoms with Crippen molar-refractivity contribution in [1.82, 2.24) is 14.5 Å². The highest BCUT2D eigenvalue weighted by molar-refractivity contribution is 5.89. The fourth-order valence-corrected chi connectivity index (χ4v) is 7.20. The van der Waals surface area contributed by atoms with E-state index in [0.29, 0.717) is 11.8 Å². The van der Waals surface area contributed by atoms with Gasteiger partial charge in [0.25, 0.3) is 0 Å². The minimum atomic E-state index is 0.303. The molecule has 242 valence electrons. The largest absolute Gasteiger partial charge is 0.355 e. The number of hydrogen-bond donors (Lipinski definition) is 0. The Balaban J connectivity index is 1.32. The zero-order valence-electron chi connectivity index (χ0n) is 28.8. The number of aromatic nitrogens is 3. The van der Waals surface area contributed by atoms with Crippen LogP contribution in [0, 0.1) is 0 Å².